The van der Waals surface area contributed by atoms with Gasteiger partial charge in [-0.1, -0.05) is 17.7 Å². The van der Waals surface area contributed by atoms with E-state index in [9.17, 15) is 14.3 Å². The van der Waals surface area contributed by atoms with Crippen molar-refractivity contribution in [1.82, 2.24) is 15.6 Å². The molecular formula is C14H15ClFN3O2S. The minimum absolute atomic E-state index is 0.0124. The summed E-state index contributed by atoms with van der Waals surface area (Å²) in [5.74, 6) is -0.608. The summed E-state index contributed by atoms with van der Waals surface area (Å²) in [5.41, 5.74) is 2.94. The molecule has 5 nitrogen and oxygen atoms in total. The van der Waals surface area contributed by atoms with Gasteiger partial charge in [0.05, 0.1) is 28.9 Å². The van der Waals surface area contributed by atoms with Gasteiger partial charge in [-0.3, -0.25) is 0 Å². The van der Waals surface area contributed by atoms with Crippen LogP contribution in [0.2, 0.25) is 5.02 Å². The second-order valence-electron chi connectivity index (χ2n) is 4.61. The number of urea groups is 1. The predicted molar refractivity (Wildman–Crippen MR) is 83.5 cm³/mol. The lowest BCUT2D eigenvalue weighted by Crippen LogP contribution is -2.37. The summed E-state index contributed by atoms with van der Waals surface area (Å²) in [6, 6.07) is 3.60. The van der Waals surface area contributed by atoms with Gasteiger partial charge >= 0.3 is 6.03 Å². The van der Waals surface area contributed by atoms with Crippen molar-refractivity contribution in [3.05, 3.63) is 50.7 Å². The third kappa shape index (κ3) is 4.40. The number of nitrogens with zero attached hydrogens (tertiary/aromatic N) is 1. The van der Waals surface area contributed by atoms with Crippen LogP contribution in [0.5, 0.6) is 0 Å². The Kier molecular flexibility index (Phi) is 5.70. The Morgan fingerprint density at radius 1 is 1.50 bits per heavy atom. The molecule has 2 aromatic rings. The van der Waals surface area contributed by atoms with E-state index in [1.54, 1.807) is 5.51 Å². The third-order valence-corrected chi connectivity index (χ3v) is 4.28. The average Bonchev–Trinajstić information content (AvgIpc) is 2.90. The van der Waals surface area contributed by atoms with Crippen molar-refractivity contribution in [2.75, 3.05) is 6.54 Å². The Morgan fingerprint density at radius 3 is 2.91 bits per heavy atom. The molecular weight excluding hydrogens is 329 g/mol. The number of hydrogen-bond donors (Lipinski definition) is 3. The molecule has 118 valence electrons. The highest BCUT2D eigenvalue weighted by Gasteiger charge is 2.12. The maximum atomic E-state index is 13.3. The Labute approximate surface area is 136 Å². The van der Waals surface area contributed by atoms with Gasteiger partial charge in [-0.05, 0) is 24.6 Å². The zero-order valence-corrected chi connectivity index (χ0v) is 13.3. The topological polar surface area (TPSA) is 74.2 Å². The lowest BCUT2D eigenvalue weighted by atomic mass is 10.1. The van der Waals surface area contributed by atoms with E-state index < -0.39 is 18.0 Å². The lowest BCUT2D eigenvalue weighted by molar-refractivity contribution is 0.172. The van der Waals surface area contributed by atoms with Gasteiger partial charge < -0.3 is 15.7 Å². The van der Waals surface area contributed by atoms with E-state index in [2.05, 4.69) is 15.6 Å². The van der Waals surface area contributed by atoms with Gasteiger partial charge in [0.15, 0.2) is 0 Å². The van der Waals surface area contributed by atoms with E-state index >= 15 is 0 Å². The van der Waals surface area contributed by atoms with Crippen molar-refractivity contribution in [2.45, 2.75) is 19.6 Å². The highest BCUT2D eigenvalue weighted by Crippen LogP contribution is 2.19. The molecule has 0 bridgehead atoms. The van der Waals surface area contributed by atoms with Crippen molar-refractivity contribution in [3.8, 4) is 0 Å². The smallest absolute Gasteiger partial charge is 0.315 e. The van der Waals surface area contributed by atoms with Gasteiger partial charge in [-0.2, -0.15) is 0 Å². The molecule has 2 amide bonds. The molecule has 0 spiro atoms. The van der Waals surface area contributed by atoms with Crippen LogP contribution in [-0.2, 0) is 6.54 Å². The Morgan fingerprint density at radius 2 is 2.27 bits per heavy atom. The number of aliphatic hydroxyl groups excluding tert-OH is 1. The minimum Gasteiger partial charge on any atom is -0.387 e. The summed E-state index contributed by atoms with van der Waals surface area (Å²) >= 11 is 7.03. The normalized spacial score (nSPS) is 12.0. The van der Waals surface area contributed by atoms with Crippen molar-refractivity contribution in [3.63, 3.8) is 0 Å². The average molecular weight is 344 g/mol. The Hall–Kier alpha value is -1.70. The van der Waals surface area contributed by atoms with Gasteiger partial charge in [0.1, 0.15) is 5.82 Å². The number of carbonyl (C=O) groups excluding carboxylic acids is 1. The third-order valence-electron chi connectivity index (χ3n) is 3.04. The number of thiazole rings is 1. The molecule has 1 aromatic carbocycles. The minimum atomic E-state index is -1.01. The number of hydrogen-bond acceptors (Lipinski definition) is 4. The predicted octanol–water partition coefficient (Wildman–Crippen LogP) is 2.78. The maximum Gasteiger partial charge on any atom is 0.315 e. The van der Waals surface area contributed by atoms with Gasteiger partial charge in [-0.25, -0.2) is 14.2 Å². The van der Waals surface area contributed by atoms with Gasteiger partial charge in [-0.15, -0.1) is 11.3 Å². The lowest BCUT2D eigenvalue weighted by Gasteiger charge is -2.13. The molecule has 1 aromatic heterocycles. The van der Waals surface area contributed by atoms with E-state index in [4.69, 9.17) is 11.6 Å². The van der Waals surface area contributed by atoms with E-state index in [0.29, 0.717) is 12.1 Å². The van der Waals surface area contributed by atoms with E-state index in [-0.39, 0.29) is 11.6 Å². The Balaban J connectivity index is 1.80. The zero-order chi connectivity index (χ0) is 16.1. The van der Waals surface area contributed by atoms with Gasteiger partial charge in [0.25, 0.3) is 0 Å². The monoisotopic (exact) mass is 343 g/mol. The fraction of sp³-hybridized carbons (Fsp3) is 0.286. The highest BCUT2D eigenvalue weighted by atomic mass is 35.5. The standard InChI is InChI=1S/C14H15ClFN3O2S/c1-8-13(22-7-19-8)6-18-14(21)17-5-12(20)9-2-3-10(15)11(16)4-9/h2-4,7,12,20H,5-6H2,1H3,(H2,17,18,21)/t12-/m0/s1. The van der Waals surface area contributed by atoms with Crippen LogP contribution in [0.15, 0.2) is 23.7 Å². The molecule has 1 heterocycles. The fourth-order valence-corrected chi connectivity index (χ4v) is 2.58. The number of aromatic nitrogens is 1. The van der Waals surface area contributed by atoms with Crippen LogP contribution in [0.4, 0.5) is 9.18 Å². The molecule has 0 radical (unpaired) electrons. The van der Waals surface area contributed by atoms with Gasteiger partial charge in [0.2, 0.25) is 0 Å². The molecule has 0 aliphatic rings. The van der Waals surface area contributed by atoms with E-state index in [1.165, 1.54) is 23.5 Å². The van der Waals surface area contributed by atoms with Crippen LogP contribution in [0.1, 0.15) is 22.2 Å². The second kappa shape index (κ2) is 7.53. The number of carbonyl (C=O) groups is 1. The van der Waals surface area contributed by atoms with Gasteiger partial charge in [0, 0.05) is 11.4 Å². The first kappa shape index (κ1) is 16.7. The Bertz CT molecular complexity index is 665. The molecule has 0 aliphatic carbocycles. The number of aliphatic hydroxyl groups is 1. The van der Waals surface area contributed by atoms with Crippen LogP contribution >= 0.6 is 22.9 Å². The second-order valence-corrected chi connectivity index (χ2v) is 5.96. The first-order chi connectivity index (χ1) is 10.5. The molecule has 0 saturated heterocycles. The highest BCUT2D eigenvalue weighted by molar-refractivity contribution is 7.09. The molecule has 8 heteroatoms. The van der Waals surface area contributed by atoms with Crippen LogP contribution < -0.4 is 10.6 Å². The quantitative estimate of drug-likeness (QED) is 0.781. The zero-order valence-electron chi connectivity index (χ0n) is 11.8. The maximum absolute atomic E-state index is 13.3. The molecule has 22 heavy (non-hydrogen) atoms. The fourth-order valence-electron chi connectivity index (χ4n) is 1.75. The summed E-state index contributed by atoms with van der Waals surface area (Å²) in [5, 5.41) is 15.1. The van der Waals surface area contributed by atoms with Crippen molar-refractivity contribution >= 4 is 29.0 Å². The largest absolute Gasteiger partial charge is 0.387 e. The molecule has 0 saturated carbocycles. The summed E-state index contributed by atoms with van der Waals surface area (Å²) < 4.78 is 13.3. The number of nitrogens with one attached hydrogen (secondary N) is 2. The van der Waals surface area contributed by atoms with Crippen molar-refractivity contribution in [2.24, 2.45) is 0 Å². The summed E-state index contributed by atoms with van der Waals surface area (Å²) in [6.45, 7) is 2.20. The first-order valence-electron chi connectivity index (χ1n) is 6.51. The number of halogens is 2. The number of benzene rings is 1. The van der Waals surface area contributed by atoms with E-state index in [1.807, 2.05) is 6.92 Å². The van der Waals surface area contributed by atoms with Crippen molar-refractivity contribution < 1.29 is 14.3 Å². The number of amides is 2. The number of aryl methyl sites for hydroxylation is 1. The van der Waals surface area contributed by atoms with Crippen LogP contribution in [0.25, 0.3) is 0 Å². The van der Waals surface area contributed by atoms with Crippen LogP contribution in [0, 0.1) is 12.7 Å². The first-order valence-corrected chi connectivity index (χ1v) is 7.77. The molecule has 0 fully saturated rings. The van der Waals surface area contributed by atoms with Crippen LogP contribution in [-0.4, -0.2) is 22.7 Å². The van der Waals surface area contributed by atoms with E-state index in [0.717, 1.165) is 16.6 Å². The van der Waals surface area contributed by atoms with Crippen LogP contribution in [0.3, 0.4) is 0 Å². The summed E-state index contributed by atoms with van der Waals surface area (Å²) in [7, 11) is 0. The molecule has 0 unspecified atom stereocenters. The summed E-state index contributed by atoms with van der Waals surface area (Å²) in [6.07, 6.45) is -1.01. The van der Waals surface area contributed by atoms with Crippen molar-refractivity contribution in [1.29, 1.82) is 0 Å². The molecule has 3 N–H and O–H groups in total. The molecule has 1 atom stereocenters. The molecule has 2 rings (SSSR count). The SMILES string of the molecule is Cc1ncsc1CNC(=O)NC[C@H](O)c1ccc(Cl)c(F)c1. The number of rotatable bonds is 5. The molecule has 0 aliphatic heterocycles. The summed E-state index contributed by atoms with van der Waals surface area (Å²) in [4.78, 5) is 16.7.